The number of pyridine rings is 1. The Hall–Kier alpha value is -1.61. The maximum atomic E-state index is 5.43. The number of aromatic nitrogens is 1. The van der Waals surface area contributed by atoms with E-state index in [0.29, 0.717) is 0 Å². The second kappa shape index (κ2) is 6.02. The maximum absolute atomic E-state index is 5.43. The van der Waals surface area contributed by atoms with E-state index in [-0.39, 0.29) is 0 Å². The molecular weight excluding hydrogens is 260 g/mol. The van der Waals surface area contributed by atoms with Crippen LogP contribution in [0.2, 0.25) is 0 Å². The molecule has 1 aliphatic rings. The largest absolute Gasteiger partial charge is 0.496 e. The average molecular weight is 285 g/mol. The van der Waals surface area contributed by atoms with Gasteiger partial charge < -0.3 is 9.64 Å². The van der Waals surface area contributed by atoms with Crippen molar-refractivity contribution in [2.24, 2.45) is 5.92 Å². The predicted molar refractivity (Wildman–Crippen MR) is 85.7 cm³/mol. The number of hydrogen-bond donors (Lipinski definition) is 0. The van der Waals surface area contributed by atoms with Crippen molar-refractivity contribution in [3.8, 4) is 5.75 Å². The molecular formula is C18H25N2O+. The van der Waals surface area contributed by atoms with Gasteiger partial charge in [-0.25, -0.2) is 0 Å². The lowest BCUT2D eigenvalue weighted by Crippen LogP contribution is -2.35. The molecule has 2 heterocycles. The fourth-order valence-corrected chi connectivity index (χ4v) is 3.42. The third-order valence-corrected chi connectivity index (χ3v) is 4.68. The summed E-state index contributed by atoms with van der Waals surface area (Å²) >= 11 is 0. The number of fused-ring (bicyclic) bond motifs is 1. The van der Waals surface area contributed by atoms with Crippen molar-refractivity contribution in [1.29, 1.82) is 0 Å². The first-order valence-corrected chi connectivity index (χ1v) is 7.82. The van der Waals surface area contributed by atoms with E-state index >= 15 is 0 Å². The molecule has 3 heteroatoms. The van der Waals surface area contributed by atoms with Gasteiger partial charge in [-0.05, 0) is 50.6 Å². The van der Waals surface area contributed by atoms with Gasteiger partial charge >= 0.3 is 0 Å². The van der Waals surface area contributed by atoms with Gasteiger partial charge in [-0.1, -0.05) is 0 Å². The lowest BCUT2D eigenvalue weighted by Gasteiger charge is -2.10. The van der Waals surface area contributed by atoms with E-state index in [9.17, 15) is 0 Å². The van der Waals surface area contributed by atoms with Crippen molar-refractivity contribution in [3.05, 3.63) is 36.0 Å². The van der Waals surface area contributed by atoms with E-state index in [0.717, 1.165) is 18.2 Å². The highest BCUT2D eigenvalue weighted by Crippen LogP contribution is 2.23. The van der Waals surface area contributed by atoms with Crippen LogP contribution in [-0.2, 0) is 6.54 Å². The lowest BCUT2D eigenvalue weighted by molar-refractivity contribution is -0.672. The molecule has 0 radical (unpaired) electrons. The predicted octanol–water partition coefficient (Wildman–Crippen LogP) is 2.79. The molecule has 0 saturated carbocycles. The van der Waals surface area contributed by atoms with E-state index in [1.54, 1.807) is 7.11 Å². The lowest BCUT2D eigenvalue weighted by atomic mass is 10.0. The van der Waals surface area contributed by atoms with Crippen molar-refractivity contribution < 1.29 is 9.30 Å². The highest BCUT2D eigenvalue weighted by atomic mass is 16.5. The van der Waals surface area contributed by atoms with Crippen molar-refractivity contribution in [2.75, 3.05) is 27.2 Å². The summed E-state index contributed by atoms with van der Waals surface area (Å²) in [7, 11) is 3.96. The molecule has 1 aliphatic heterocycles. The smallest absolute Gasteiger partial charge is 0.216 e. The second-order valence-corrected chi connectivity index (χ2v) is 6.28. The van der Waals surface area contributed by atoms with Gasteiger partial charge in [0.15, 0.2) is 6.20 Å². The average Bonchev–Trinajstić information content (AvgIpc) is 2.90. The van der Waals surface area contributed by atoms with Crippen molar-refractivity contribution in [2.45, 2.75) is 26.3 Å². The number of rotatable bonds is 4. The Labute approximate surface area is 127 Å². The van der Waals surface area contributed by atoms with Gasteiger partial charge in [0.1, 0.15) is 12.3 Å². The first-order valence-electron chi connectivity index (χ1n) is 7.82. The van der Waals surface area contributed by atoms with Crippen LogP contribution in [0.25, 0.3) is 10.9 Å². The number of likely N-dealkylation sites (tertiary alicyclic amines) is 1. The standard InChI is InChI=1S/C18H25N2O/c1-14-11-16(21-3)12-18-17(14)5-4-8-20(18)10-7-15-6-9-19(2)13-15/h4-5,8,11-12,15H,6-7,9-10,13H2,1-3H3/q+1. The van der Waals surface area contributed by atoms with Crippen molar-refractivity contribution in [1.82, 2.24) is 4.90 Å². The molecule has 0 amide bonds. The van der Waals surface area contributed by atoms with Crippen molar-refractivity contribution >= 4 is 10.9 Å². The Morgan fingerprint density at radius 3 is 2.95 bits per heavy atom. The van der Waals surface area contributed by atoms with Gasteiger partial charge in [-0.3, -0.25) is 0 Å². The highest BCUT2D eigenvalue weighted by molar-refractivity contribution is 5.80. The van der Waals surface area contributed by atoms with Crippen LogP contribution in [0.15, 0.2) is 30.5 Å². The quantitative estimate of drug-likeness (QED) is 0.803. The van der Waals surface area contributed by atoms with Crippen LogP contribution < -0.4 is 9.30 Å². The van der Waals surface area contributed by atoms with Gasteiger partial charge in [-0.15, -0.1) is 0 Å². The number of methoxy groups -OCH3 is 1. The minimum Gasteiger partial charge on any atom is -0.496 e. The van der Waals surface area contributed by atoms with Crippen LogP contribution in [-0.4, -0.2) is 32.1 Å². The third kappa shape index (κ3) is 3.03. The summed E-state index contributed by atoms with van der Waals surface area (Å²) in [4.78, 5) is 2.44. The first-order chi connectivity index (χ1) is 10.2. The van der Waals surface area contributed by atoms with Gasteiger partial charge in [0.05, 0.1) is 13.2 Å². The van der Waals surface area contributed by atoms with Crippen LogP contribution in [0.1, 0.15) is 18.4 Å². The third-order valence-electron chi connectivity index (χ3n) is 4.68. The Balaban J connectivity index is 1.85. The molecule has 3 rings (SSSR count). The summed E-state index contributed by atoms with van der Waals surface area (Å²) in [6.07, 6.45) is 4.79. The molecule has 1 atom stereocenters. The van der Waals surface area contributed by atoms with Gasteiger partial charge in [0, 0.05) is 24.4 Å². The zero-order valence-corrected chi connectivity index (χ0v) is 13.3. The minimum atomic E-state index is 0.837. The molecule has 0 N–H and O–H groups in total. The molecule has 0 aliphatic carbocycles. The van der Waals surface area contributed by atoms with E-state index in [2.05, 4.69) is 53.9 Å². The SMILES string of the molecule is COc1cc(C)c2ccc[n+](CCC3CCN(C)C3)c2c1. The molecule has 3 nitrogen and oxygen atoms in total. The molecule has 0 bridgehead atoms. The van der Waals surface area contributed by atoms with Gasteiger partial charge in [0.2, 0.25) is 5.52 Å². The molecule has 1 aromatic carbocycles. The van der Waals surface area contributed by atoms with E-state index in [1.165, 1.54) is 42.4 Å². The van der Waals surface area contributed by atoms with Crippen LogP contribution in [0, 0.1) is 12.8 Å². The number of ether oxygens (including phenoxy) is 1. The number of aryl methyl sites for hydroxylation is 2. The van der Waals surface area contributed by atoms with Gasteiger partial charge in [0.25, 0.3) is 0 Å². The molecule has 2 aromatic rings. The summed E-state index contributed by atoms with van der Waals surface area (Å²) in [5, 5.41) is 1.32. The fraction of sp³-hybridized carbons (Fsp3) is 0.500. The summed E-state index contributed by atoms with van der Waals surface area (Å²) in [5.74, 6) is 1.78. The number of hydrogen-bond acceptors (Lipinski definition) is 2. The molecule has 1 fully saturated rings. The topological polar surface area (TPSA) is 16.4 Å². The zero-order chi connectivity index (χ0) is 14.8. The van der Waals surface area contributed by atoms with E-state index in [1.807, 2.05) is 0 Å². The highest BCUT2D eigenvalue weighted by Gasteiger charge is 2.21. The Bertz CT molecular complexity index is 638. The van der Waals surface area contributed by atoms with E-state index < -0.39 is 0 Å². The monoisotopic (exact) mass is 285 g/mol. The molecule has 1 aromatic heterocycles. The van der Waals surface area contributed by atoms with Crippen LogP contribution >= 0.6 is 0 Å². The molecule has 0 spiro atoms. The normalized spacial score (nSPS) is 19.3. The van der Waals surface area contributed by atoms with Crippen LogP contribution in [0.5, 0.6) is 5.75 Å². The Morgan fingerprint density at radius 1 is 1.38 bits per heavy atom. The Kier molecular flexibility index (Phi) is 4.11. The minimum absolute atomic E-state index is 0.837. The van der Waals surface area contributed by atoms with Crippen LogP contribution in [0.3, 0.4) is 0 Å². The summed E-state index contributed by atoms with van der Waals surface area (Å²) in [6, 6.07) is 8.62. The molecule has 112 valence electrons. The van der Waals surface area contributed by atoms with Gasteiger partial charge in [-0.2, -0.15) is 4.57 Å². The maximum Gasteiger partial charge on any atom is 0.216 e. The fourth-order valence-electron chi connectivity index (χ4n) is 3.42. The summed E-state index contributed by atoms with van der Waals surface area (Å²) in [5.41, 5.74) is 2.56. The van der Waals surface area contributed by atoms with E-state index in [4.69, 9.17) is 4.74 Å². The molecule has 1 unspecified atom stereocenters. The van der Waals surface area contributed by atoms with Crippen LogP contribution in [0.4, 0.5) is 0 Å². The zero-order valence-electron chi connectivity index (χ0n) is 13.3. The summed E-state index contributed by atoms with van der Waals surface area (Å²) < 4.78 is 7.81. The molecule has 21 heavy (non-hydrogen) atoms. The first kappa shape index (κ1) is 14.3. The second-order valence-electron chi connectivity index (χ2n) is 6.28. The molecule has 1 saturated heterocycles. The number of nitrogens with zero attached hydrogens (tertiary/aromatic N) is 2. The number of benzene rings is 1. The summed E-state index contributed by atoms with van der Waals surface area (Å²) in [6.45, 7) is 5.73. The van der Waals surface area contributed by atoms with Crippen molar-refractivity contribution in [3.63, 3.8) is 0 Å². The Morgan fingerprint density at radius 2 is 2.24 bits per heavy atom.